The van der Waals surface area contributed by atoms with E-state index >= 15 is 0 Å². The molecule has 3 rings (SSSR count). The van der Waals surface area contributed by atoms with Gasteiger partial charge in [-0.2, -0.15) is 0 Å². The molecule has 33 heavy (non-hydrogen) atoms. The van der Waals surface area contributed by atoms with Crippen LogP contribution in [0.4, 0.5) is 9.59 Å². The molecule has 0 aliphatic heterocycles. The van der Waals surface area contributed by atoms with Crippen LogP contribution < -0.4 is 18.9 Å². The Morgan fingerprint density at radius 2 is 1.06 bits per heavy atom. The minimum absolute atomic E-state index is 0.124. The van der Waals surface area contributed by atoms with Crippen molar-refractivity contribution in [1.29, 1.82) is 0 Å². The van der Waals surface area contributed by atoms with Gasteiger partial charge in [0.05, 0.1) is 5.56 Å². The highest BCUT2D eigenvalue weighted by molar-refractivity contribution is 5.89. The summed E-state index contributed by atoms with van der Waals surface area (Å²) in [6, 6.07) is 15.5. The number of hydrogen-bond donors (Lipinski definition) is 1. The van der Waals surface area contributed by atoms with Gasteiger partial charge < -0.3 is 24.1 Å². The lowest BCUT2D eigenvalue weighted by Gasteiger charge is -2.10. The summed E-state index contributed by atoms with van der Waals surface area (Å²) in [5.41, 5.74) is 0.650. The number of carbonyl (C=O) groups is 3. The number of terminal acetylenes is 2. The lowest BCUT2D eigenvalue weighted by molar-refractivity contribution is 0.0694. The second-order valence-corrected chi connectivity index (χ2v) is 6.25. The van der Waals surface area contributed by atoms with Crippen molar-refractivity contribution in [3.63, 3.8) is 0 Å². The highest BCUT2D eigenvalue weighted by Crippen LogP contribution is 2.25. The maximum atomic E-state index is 12.1. The predicted octanol–water partition coefficient (Wildman–Crippen LogP) is 4.50. The van der Waals surface area contributed by atoms with Crippen molar-refractivity contribution in [2.45, 2.75) is 0 Å². The third-order valence-electron chi connectivity index (χ3n) is 3.93. The summed E-state index contributed by atoms with van der Waals surface area (Å²) in [7, 11) is 0. The molecule has 162 valence electrons. The van der Waals surface area contributed by atoms with E-state index in [1.165, 1.54) is 24.3 Å². The molecule has 0 atom stereocenters. The lowest BCUT2D eigenvalue weighted by Crippen LogP contribution is -2.16. The molecule has 3 aromatic rings. The number of hydrogen-bond acceptors (Lipinski definition) is 7. The fourth-order valence-corrected chi connectivity index (χ4v) is 2.54. The van der Waals surface area contributed by atoms with Crippen molar-refractivity contribution in [3.05, 3.63) is 83.4 Å². The highest BCUT2D eigenvalue weighted by Gasteiger charge is 2.16. The topological polar surface area (TPSA) is 108 Å². The molecule has 0 fully saturated rings. The minimum Gasteiger partial charge on any atom is -0.478 e. The van der Waals surface area contributed by atoms with E-state index in [0.29, 0.717) is 11.1 Å². The van der Waals surface area contributed by atoms with Crippen LogP contribution in [0.5, 0.6) is 23.0 Å². The largest absolute Gasteiger partial charge is 0.519 e. The van der Waals surface area contributed by atoms with Crippen LogP contribution in [0.25, 0.3) is 0 Å². The smallest absolute Gasteiger partial charge is 0.478 e. The first-order valence-electron chi connectivity index (χ1n) is 9.17. The molecular weight excluding hydrogens is 428 g/mol. The van der Waals surface area contributed by atoms with Crippen LogP contribution in [0, 0.1) is 24.7 Å². The van der Waals surface area contributed by atoms with Gasteiger partial charge in [-0.15, -0.1) is 12.8 Å². The fraction of sp³-hybridized carbons (Fsp3) is 0. The van der Waals surface area contributed by atoms with Crippen molar-refractivity contribution in [2.75, 3.05) is 0 Å². The second kappa shape index (κ2) is 10.2. The number of carboxylic acids is 1. The molecule has 0 bridgehead atoms. The molecular formula is C25H14O8. The summed E-state index contributed by atoms with van der Waals surface area (Å²) < 4.78 is 20.1. The van der Waals surface area contributed by atoms with Crippen LogP contribution in [0.1, 0.15) is 21.5 Å². The monoisotopic (exact) mass is 442 g/mol. The van der Waals surface area contributed by atoms with E-state index in [0.717, 1.165) is 18.2 Å². The van der Waals surface area contributed by atoms with Crippen LogP contribution in [0.3, 0.4) is 0 Å². The molecule has 0 unspecified atom stereocenters. The molecule has 0 amide bonds. The SMILES string of the molecule is C#Cc1cccc(OC(=O)Oc2cc(OC(=O)Oc3cccc(C#C)c3)cc(C(=O)O)c2)c1. The molecule has 0 saturated heterocycles. The Labute approximate surface area is 188 Å². The van der Waals surface area contributed by atoms with Crippen LogP contribution in [0.15, 0.2) is 66.7 Å². The number of carboxylic acid groups (broad SMARTS) is 1. The van der Waals surface area contributed by atoms with E-state index in [4.69, 9.17) is 31.8 Å². The Hall–Kier alpha value is -5.21. The second-order valence-electron chi connectivity index (χ2n) is 6.25. The molecule has 8 heteroatoms. The third-order valence-corrected chi connectivity index (χ3v) is 3.93. The van der Waals surface area contributed by atoms with Gasteiger partial charge in [0, 0.05) is 17.2 Å². The minimum atomic E-state index is -1.35. The van der Waals surface area contributed by atoms with Gasteiger partial charge in [0.25, 0.3) is 0 Å². The maximum Gasteiger partial charge on any atom is 0.519 e. The zero-order chi connectivity index (χ0) is 23.8. The fourth-order valence-electron chi connectivity index (χ4n) is 2.54. The number of rotatable bonds is 5. The van der Waals surface area contributed by atoms with E-state index in [1.807, 2.05) is 0 Å². The average molecular weight is 442 g/mol. The Morgan fingerprint density at radius 3 is 1.45 bits per heavy atom. The number of aromatic carboxylic acids is 1. The van der Waals surface area contributed by atoms with Crippen molar-refractivity contribution in [2.24, 2.45) is 0 Å². The molecule has 1 N–H and O–H groups in total. The van der Waals surface area contributed by atoms with Gasteiger partial charge in [-0.1, -0.05) is 24.0 Å². The first kappa shape index (κ1) is 22.5. The van der Waals surface area contributed by atoms with Crippen molar-refractivity contribution < 1.29 is 38.4 Å². The quantitative estimate of drug-likeness (QED) is 0.350. The molecule has 3 aromatic carbocycles. The Bertz CT molecular complexity index is 1220. The summed E-state index contributed by atoms with van der Waals surface area (Å²) in [6.07, 6.45) is 8.28. The van der Waals surface area contributed by atoms with Crippen LogP contribution in [-0.2, 0) is 0 Å². The van der Waals surface area contributed by atoms with Crippen LogP contribution in [0.2, 0.25) is 0 Å². The standard InChI is InChI=1S/C25H14O8/c1-3-16-7-5-9-19(11-16)30-24(28)32-21-13-18(23(26)27)14-22(15-21)33-25(29)31-20-10-6-8-17(4-2)12-20/h1-2,5-15H,(H,26,27). The van der Waals surface area contributed by atoms with Gasteiger partial charge in [-0.05, 0) is 48.5 Å². The zero-order valence-electron chi connectivity index (χ0n) is 16.8. The highest BCUT2D eigenvalue weighted by atomic mass is 16.7. The number of ether oxygens (including phenoxy) is 4. The molecule has 0 heterocycles. The number of carbonyl (C=O) groups excluding carboxylic acids is 2. The molecule has 0 spiro atoms. The summed E-state index contributed by atoms with van der Waals surface area (Å²) in [4.78, 5) is 35.6. The van der Waals surface area contributed by atoms with Gasteiger partial charge in [0.15, 0.2) is 0 Å². The molecule has 0 aliphatic rings. The first-order valence-corrected chi connectivity index (χ1v) is 9.17. The van der Waals surface area contributed by atoms with E-state index in [-0.39, 0.29) is 28.6 Å². The summed E-state index contributed by atoms with van der Waals surface area (Å²) >= 11 is 0. The van der Waals surface area contributed by atoms with Crippen LogP contribution >= 0.6 is 0 Å². The summed E-state index contributed by atoms with van der Waals surface area (Å²) in [6.45, 7) is 0. The Kier molecular flexibility index (Phi) is 6.95. The van der Waals surface area contributed by atoms with Gasteiger partial charge in [0.2, 0.25) is 0 Å². The van der Waals surface area contributed by atoms with E-state index in [2.05, 4.69) is 11.8 Å². The average Bonchev–Trinajstić information content (AvgIpc) is 2.78. The van der Waals surface area contributed by atoms with Gasteiger partial charge in [-0.25, -0.2) is 14.4 Å². The Morgan fingerprint density at radius 1 is 0.636 bits per heavy atom. The van der Waals surface area contributed by atoms with Crippen LogP contribution in [-0.4, -0.2) is 23.4 Å². The summed E-state index contributed by atoms with van der Waals surface area (Å²) in [5.74, 6) is 3.19. The van der Waals surface area contributed by atoms with Crippen molar-refractivity contribution >= 4 is 18.3 Å². The molecule has 0 aromatic heterocycles. The predicted molar refractivity (Wildman–Crippen MR) is 115 cm³/mol. The normalized spacial score (nSPS) is 9.64. The van der Waals surface area contributed by atoms with E-state index in [1.54, 1.807) is 24.3 Å². The lowest BCUT2D eigenvalue weighted by atomic mass is 10.2. The van der Waals surface area contributed by atoms with E-state index in [9.17, 15) is 19.5 Å². The van der Waals surface area contributed by atoms with Crippen molar-refractivity contribution in [3.8, 4) is 47.7 Å². The Balaban J connectivity index is 1.74. The molecule has 0 saturated carbocycles. The zero-order valence-corrected chi connectivity index (χ0v) is 16.8. The molecule has 0 radical (unpaired) electrons. The van der Waals surface area contributed by atoms with Gasteiger partial charge in [0.1, 0.15) is 23.0 Å². The van der Waals surface area contributed by atoms with Crippen molar-refractivity contribution in [1.82, 2.24) is 0 Å². The maximum absolute atomic E-state index is 12.1. The first-order chi connectivity index (χ1) is 15.9. The summed E-state index contributed by atoms with van der Waals surface area (Å²) in [5, 5.41) is 9.31. The van der Waals surface area contributed by atoms with Gasteiger partial charge >= 0.3 is 18.3 Å². The molecule has 8 nitrogen and oxygen atoms in total. The van der Waals surface area contributed by atoms with E-state index < -0.39 is 18.3 Å². The number of benzene rings is 3. The molecule has 0 aliphatic carbocycles. The third kappa shape index (κ3) is 6.38. The van der Waals surface area contributed by atoms with Gasteiger partial charge in [-0.3, -0.25) is 0 Å².